The van der Waals surface area contributed by atoms with Gasteiger partial charge in [0.05, 0.1) is 0 Å². The van der Waals surface area contributed by atoms with Crippen LogP contribution >= 0.6 is 0 Å². The van der Waals surface area contributed by atoms with E-state index in [-0.39, 0.29) is 0 Å². The Kier molecular flexibility index (Phi) is 3.01. The standard InChI is InChI=1S/C24H17N/c25-24-15-18-14-17(12-13-21(18)22-9-3-4-10-23(22)24)20-11-5-7-16-6-1-2-8-19(16)20/h1-15H,25H2. The molecule has 25 heavy (non-hydrogen) atoms. The largest absolute Gasteiger partial charge is 0.398 e. The SMILES string of the molecule is Nc1cc2cc(-c3cccc4ccccc34)ccc2c2ccccc12. The molecule has 0 saturated heterocycles. The number of hydrogen-bond acceptors (Lipinski definition) is 1. The van der Waals surface area contributed by atoms with Crippen LogP contribution in [0.3, 0.4) is 0 Å². The number of hydrogen-bond donors (Lipinski definition) is 1. The minimum atomic E-state index is 0.832. The molecular weight excluding hydrogens is 302 g/mol. The number of fused-ring (bicyclic) bond motifs is 4. The van der Waals surface area contributed by atoms with Gasteiger partial charge in [-0.05, 0) is 50.2 Å². The molecule has 0 bridgehead atoms. The molecule has 0 saturated carbocycles. The minimum Gasteiger partial charge on any atom is -0.398 e. The quantitative estimate of drug-likeness (QED) is 0.281. The summed E-state index contributed by atoms with van der Waals surface area (Å²) in [7, 11) is 0. The number of rotatable bonds is 1. The highest BCUT2D eigenvalue weighted by molar-refractivity contribution is 6.13. The van der Waals surface area contributed by atoms with Crippen LogP contribution in [0.25, 0.3) is 43.4 Å². The molecule has 0 aliphatic rings. The summed E-state index contributed by atoms with van der Waals surface area (Å²) in [6, 6.07) is 32.1. The van der Waals surface area contributed by atoms with Crippen molar-refractivity contribution < 1.29 is 0 Å². The lowest BCUT2D eigenvalue weighted by atomic mass is 9.94. The third kappa shape index (κ3) is 2.17. The van der Waals surface area contributed by atoms with E-state index in [0.717, 1.165) is 11.1 Å². The van der Waals surface area contributed by atoms with Gasteiger partial charge in [-0.1, -0.05) is 78.9 Å². The summed E-state index contributed by atoms with van der Waals surface area (Å²) in [6.07, 6.45) is 0. The summed E-state index contributed by atoms with van der Waals surface area (Å²) in [4.78, 5) is 0. The number of nitrogens with two attached hydrogens (primary N) is 1. The van der Waals surface area contributed by atoms with E-state index in [1.165, 1.54) is 38.1 Å². The zero-order valence-corrected chi connectivity index (χ0v) is 13.7. The van der Waals surface area contributed by atoms with Crippen molar-refractivity contribution >= 4 is 38.0 Å². The maximum atomic E-state index is 6.30. The van der Waals surface area contributed by atoms with Crippen LogP contribution in [-0.2, 0) is 0 Å². The second-order valence-electron chi connectivity index (χ2n) is 6.47. The fourth-order valence-corrected chi connectivity index (χ4v) is 3.79. The van der Waals surface area contributed by atoms with E-state index in [2.05, 4.69) is 84.9 Å². The van der Waals surface area contributed by atoms with Crippen molar-refractivity contribution in [1.29, 1.82) is 0 Å². The molecule has 5 aromatic carbocycles. The predicted octanol–water partition coefficient (Wildman–Crippen LogP) is 6.40. The normalized spacial score (nSPS) is 11.4. The summed E-state index contributed by atoms with van der Waals surface area (Å²) in [6.45, 7) is 0. The first kappa shape index (κ1) is 14.1. The van der Waals surface area contributed by atoms with Gasteiger partial charge in [-0.2, -0.15) is 0 Å². The Hall–Kier alpha value is -3.32. The molecule has 118 valence electrons. The van der Waals surface area contributed by atoms with Gasteiger partial charge in [-0.25, -0.2) is 0 Å². The van der Waals surface area contributed by atoms with Crippen LogP contribution < -0.4 is 5.73 Å². The van der Waals surface area contributed by atoms with E-state index in [9.17, 15) is 0 Å². The van der Waals surface area contributed by atoms with Crippen molar-refractivity contribution in [2.45, 2.75) is 0 Å². The third-order valence-electron chi connectivity index (χ3n) is 4.99. The van der Waals surface area contributed by atoms with Gasteiger partial charge < -0.3 is 5.73 Å². The van der Waals surface area contributed by atoms with E-state index in [0.29, 0.717) is 0 Å². The summed E-state index contributed by atoms with van der Waals surface area (Å²) in [5, 5.41) is 7.29. The van der Waals surface area contributed by atoms with Crippen molar-refractivity contribution in [3.63, 3.8) is 0 Å². The molecule has 0 aliphatic carbocycles. The summed E-state index contributed by atoms with van der Waals surface area (Å²) < 4.78 is 0. The molecule has 0 fully saturated rings. The van der Waals surface area contributed by atoms with Crippen molar-refractivity contribution in [3.05, 3.63) is 91.0 Å². The molecule has 0 aliphatic heterocycles. The Labute approximate surface area is 146 Å². The Morgan fingerprint density at radius 2 is 1.20 bits per heavy atom. The van der Waals surface area contributed by atoms with Gasteiger partial charge >= 0.3 is 0 Å². The smallest absolute Gasteiger partial charge is 0.0400 e. The van der Waals surface area contributed by atoms with Crippen molar-refractivity contribution in [3.8, 4) is 11.1 Å². The van der Waals surface area contributed by atoms with Crippen LogP contribution in [0.4, 0.5) is 5.69 Å². The van der Waals surface area contributed by atoms with Crippen LogP contribution in [-0.4, -0.2) is 0 Å². The molecule has 2 N–H and O–H groups in total. The van der Waals surface area contributed by atoms with Gasteiger partial charge in [0.15, 0.2) is 0 Å². The molecule has 1 heteroatoms. The molecule has 0 atom stereocenters. The van der Waals surface area contributed by atoms with Gasteiger partial charge in [-0.3, -0.25) is 0 Å². The van der Waals surface area contributed by atoms with E-state index in [4.69, 9.17) is 5.73 Å². The average Bonchev–Trinajstić information content (AvgIpc) is 2.67. The van der Waals surface area contributed by atoms with Crippen LogP contribution in [0.5, 0.6) is 0 Å². The maximum absolute atomic E-state index is 6.30. The van der Waals surface area contributed by atoms with Crippen molar-refractivity contribution in [2.75, 3.05) is 5.73 Å². The summed E-state index contributed by atoms with van der Waals surface area (Å²) >= 11 is 0. The first-order chi connectivity index (χ1) is 12.3. The molecule has 0 radical (unpaired) electrons. The molecule has 0 spiro atoms. The minimum absolute atomic E-state index is 0.832. The topological polar surface area (TPSA) is 26.0 Å². The van der Waals surface area contributed by atoms with Crippen LogP contribution in [0.15, 0.2) is 91.0 Å². The van der Waals surface area contributed by atoms with E-state index in [1.807, 2.05) is 6.07 Å². The average molecular weight is 319 g/mol. The monoisotopic (exact) mass is 319 g/mol. The van der Waals surface area contributed by atoms with E-state index >= 15 is 0 Å². The molecule has 0 aromatic heterocycles. The van der Waals surface area contributed by atoms with Crippen LogP contribution in [0.1, 0.15) is 0 Å². The van der Waals surface area contributed by atoms with Gasteiger partial charge in [0.1, 0.15) is 0 Å². The third-order valence-corrected chi connectivity index (χ3v) is 4.99. The lowest BCUT2D eigenvalue weighted by Gasteiger charge is -2.11. The van der Waals surface area contributed by atoms with Crippen LogP contribution in [0, 0.1) is 0 Å². The zero-order chi connectivity index (χ0) is 16.8. The number of anilines is 1. The first-order valence-corrected chi connectivity index (χ1v) is 8.50. The lowest BCUT2D eigenvalue weighted by molar-refractivity contribution is 1.68. The number of benzene rings is 5. The Morgan fingerprint density at radius 1 is 0.480 bits per heavy atom. The van der Waals surface area contributed by atoms with Gasteiger partial charge in [0.25, 0.3) is 0 Å². The zero-order valence-electron chi connectivity index (χ0n) is 13.7. The molecule has 5 aromatic rings. The summed E-state index contributed by atoms with van der Waals surface area (Å²) in [5.41, 5.74) is 9.61. The van der Waals surface area contributed by atoms with Crippen molar-refractivity contribution in [1.82, 2.24) is 0 Å². The lowest BCUT2D eigenvalue weighted by Crippen LogP contribution is -1.89. The molecular formula is C24H17N. The maximum Gasteiger partial charge on any atom is 0.0400 e. The van der Waals surface area contributed by atoms with Crippen LogP contribution in [0.2, 0.25) is 0 Å². The molecule has 5 rings (SSSR count). The van der Waals surface area contributed by atoms with E-state index < -0.39 is 0 Å². The Bertz CT molecular complexity index is 1250. The Morgan fingerprint density at radius 3 is 2.08 bits per heavy atom. The van der Waals surface area contributed by atoms with Gasteiger partial charge in [-0.15, -0.1) is 0 Å². The fraction of sp³-hybridized carbons (Fsp3) is 0. The second kappa shape index (κ2) is 5.35. The Balaban J connectivity index is 1.82. The summed E-state index contributed by atoms with van der Waals surface area (Å²) in [5.74, 6) is 0. The molecule has 0 unspecified atom stereocenters. The molecule has 0 heterocycles. The fourth-order valence-electron chi connectivity index (χ4n) is 3.79. The van der Waals surface area contributed by atoms with Gasteiger partial charge in [0, 0.05) is 11.1 Å². The first-order valence-electron chi connectivity index (χ1n) is 8.50. The van der Waals surface area contributed by atoms with Crippen molar-refractivity contribution in [2.24, 2.45) is 0 Å². The highest BCUT2D eigenvalue weighted by Gasteiger charge is 2.08. The van der Waals surface area contributed by atoms with E-state index in [1.54, 1.807) is 0 Å². The highest BCUT2D eigenvalue weighted by atomic mass is 14.5. The number of nitrogen functional groups attached to an aromatic ring is 1. The predicted molar refractivity (Wildman–Crippen MR) is 109 cm³/mol. The second-order valence-corrected chi connectivity index (χ2v) is 6.47. The molecule has 0 amide bonds. The molecule has 1 nitrogen and oxygen atoms in total. The highest BCUT2D eigenvalue weighted by Crippen LogP contribution is 2.35. The van der Waals surface area contributed by atoms with Gasteiger partial charge in [0.2, 0.25) is 0 Å².